The van der Waals surface area contributed by atoms with Crippen LogP contribution < -0.4 is 5.32 Å². The normalized spacial score (nSPS) is 15.8. The maximum Gasteiger partial charge on any atom is 0.226 e. The van der Waals surface area contributed by atoms with Gasteiger partial charge in [-0.05, 0) is 36.5 Å². The number of thiazole rings is 1. The van der Waals surface area contributed by atoms with Gasteiger partial charge in [0.05, 0.1) is 16.6 Å². The van der Waals surface area contributed by atoms with Crippen LogP contribution in [0.3, 0.4) is 0 Å². The summed E-state index contributed by atoms with van der Waals surface area (Å²) in [5.41, 5.74) is 1.85. The van der Waals surface area contributed by atoms with Gasteiger partial charge in [-0.15, -0.1) is 0 Å². The number of nitrogens with one attached hydrogen (secondary N) is 1. The molecule has 1 aromatic carbocycles. The van der Waals surface area contributed by atoms with E-state index >= 15 is 0 Å². The monoisotopic (exact) mass is 331 g/mol. The number of anilines is 1. The zero-order valence-corrected chi connectivity index (χ0v) is 14.3. The number of carbonyl (C=O) groups excluding carboxylic acids is 2. The van der Waals surface area contributed by atoms with Crippen LogP contribution in [0, 0.1) is 5.92 Å². The molecule has 23 heavy (non-hydrogen) atoms. The molecule has 2 aromatic rings. The molecule has 122 valence electrons. The van der Waals surface area contributed by atoms with Crippen LogP contribution >= 0.6 is 11.3 Å². The molecule has 3 rings (SSSR count). The maximum atomic E-state index is 12.4. The van der Waals surface area contributed by atoms with Crippen LogP contribution in [0.1, 0.15) is 32.3 Å². The molecule has 1 aliphatic heterocycles. The topological polar surface area (TPSA) is 62.3 Å². The van der Waals surface area contributed by atoms with E-state index in [1.807, 2.05) is 23.1 Å². The molecule has 0 spiro atoms. The maximum absolute atomic E-state index is 12.4. The molecule has 0 saturated carbocycles. The van der Waals surface area contributed by atoms with E-state index in [1.54, 1.807) is 0 Å². The third-order valence-electron chi connectivity index (χ3n) is 4.23. The standard InChI is InChI=1S/C17H21N3O2S/c1-11-5-7-20(8-6-11)16(22)10-13-3-4-14-15(9-13)23-17(19-14)18-12(2)21/h3-4,9,11H,5-8,10H2,1-2H3,(H,18,19,21). The minimum atomic E-state index is -0.126. The molecule has 1 N–H and O–H groups in total. The van der Waals surface area contributed by atoms with Crippen molar-refractivity contribution in [2.75, 3.05) is 18.4 Å². The van der Waals surface area contributed by atoms with Crippen LogP contribution in [0.5, 0.6) is 0 Å². The number of likely N-dealkylation sites (tertiary alicyclic amines) is 1. The van der Waals surface area contributed by atoms with Crippen molar-refractivity contribution in [1.82, 2.24) is 9.88 Å². The van der Waals surface area contributed by atoms with E-state index in [1.165, 1.54) is 18.3 Å². The van der Waals surface area contributed by atoms with E-state index < -0.39 is 0 Å². The molecular weight excluding hydrogens is 310 g/mol. The Morgan fingerprint density at radius 1 is 1.35 bits per heavy atom. The fraction of sp³-hybridized carbons (Fsp3) is 0.471. The highest BCUT2D eigenvalue weighted by molar-refractivity contribution is 7.22. The molecule has 2 amide bonds. The zero-order valence-electron chi connectivity index (χ0n) is 13.5. The molecule has 1 aliphatic rings. The van der Waals surface area contributed by atoms with E-state index in [2.05, 4.69) is 17.2 Å². The SMILES string of the molecule is CC(=O)Nc1nc2ccc(CC(=O)N3CCC(C)CC3)cc2s1. The average Bonchev–Trinajstić information content (AvgIpc) is 2.88. The van der Waals surface area contributed by atoms with E-state index in [9.17, 15) is 9.59 Å². The Bertz CT molecular complexity index is 733. The minimum absolute atomic E-state index is 0.126. The largest absolute Gasteiger partial charge is 0.342 e. The quantitative estimate of drug-likeness (QED) is 0.940. The number of carbonyl (C=O) groups is 2. The molecular formula is C17H21N3O2S. The Labute approximate surface area is 139 Å². The first-order valence-electron chi connectivity index (χ1n) is 7.96. The summed E-state index contributed by atoms with van der Waals surface area (Å²) in [6.07, 6.45) is 2.62. The van der Waals surface area contributed by atoms with Crippen molar-refractivity contribution in [3.63, 3.8) is 0 Å². The summed E-state index contributed by atoms with van der Waals surface area (Å²) in [7, 11) is 0. The van der Waals surface area contributed by atoms with Gasteiger partial charge >= 0.3 is 0 Å². The molecule has 2 heterocycles. The van der Waals surface area contributed by atoms with Crippen molar-refractivity contribution in [2.45, 2.75) is 33.1 Å². The van der Waals surface area contributed by atoms with Crippen molar-refractivity contribution < 1.29 is 9.59 Å². The molecule has 1 saturated heterocycles. The number of fused-ring (bicyclic) bond motifs is 1. The number of amides is 2. The van der Waals surface area contributed by atoms with Crippen LogP contribution in [0.25, 0.3) is 10.2 Å². The lowest BCUT2D eigenvalue weighted by Crippen LogP contribution is -2.38. The average molecular weight is 331 g/mol. The highest BCUT2D eigenvalue weighted by Gasteiger charge is 2.20. The number of hydrogen-bond acceptors (Lipinski definition) is 4. The smallest absolute Gasteiger partial charge is 0.226 e. The molecule has 0 atom stereocenters. The fourth-order valence-corrected chi connectivity index (χ4v) is 3.80. The number of benzene rings is 1. The van der Waals surface area contributed by atoms with E-state index in [0.29, 0.717) is 11.6 Å². The zero-order chi connectivity index (χ0) is 16.4. The molecule has 1 aromatic heterocycles. The summed E-state index contributed by atoms with van der Waals surface area (Å²) in [6.45, 7) is 5.45. The van der Waals surface area contributed by atoms with Crippen molar-refractivity contribution in [3.05, 3.63) is 23.8 Å². The lowest BCUT2D eigenvalue weighted by Gasteiger charge is -2.30. The summed E-state index contributed by atoms with van der Waals surface area (Å²) in [5, 5.41) is 3.30. The highest BCUT2D eigenvalue weighted by Crippen LogP contribution is 2.27. The lowest BCUT2D eigenvalue weighted by atomic mass is 9.98. The molecule has 5 nitrogen and oxygen atoms in total. The first kappa shape index (κ1) is 15.9. The molecule has 6 heteroatoms. The number of nitrogens with zero attached hydrogens (tertiary/aromatic N) is 2. The van der Waals surface area contributed by atoms with Gasteiger partial charge in [0.1, 0.15) is 0 Å². The summed E-state index contributed by atoms with van der Waals surface area (Å²) < 4.78 is 0.992. The van der Waals surface area contributed by atoms with Crippen molar-refractivity contribution in [3.8, 4) is 0 Å². The molecule has 0 radical (unpaired) electrons. The van der Waals surface area contributed by atoms with Crippen LogP contribution in [0.15, 0.2) is 18.2 Å². The second kappa shape index (κ2) is 6.66. The van der Waals surface area contributed by atoms with Gasteiger partial charge in [-0.3, -0.25) is 9.59 Å². The van der Waals surface area contributed by atoms with Gasteiger partial charge in [0.2, 0.25) is 11.8 Å². The van der Waals surface area contributed by atoms with Crippen molar-refractivity contribution in [2.24, 2.45) is 5.92 Å². The number of aromatic nitrogens is 1. The Balaban J connectivity index is 1.70. The number of piperidine rings is 1. The Hall–Kier alpha value is -1.95. The Morgan fingerprint density at radius 3 is 2.78 bits per heavy atom. The summed E-state index contributed by atoms with van der Waals surface area (Å²) in [6, 6.07) is 5.87. The van der Waals surface area contributed by atoms with Gasteiger partial charge in [-0.25, -0.2) is 4.98 Å². The first-order valence-corrected chi connectivity index (χ1v) is 8.78. The predicted octanol–water partition coefficient (Wildman–Crippen LogP) is 3.06. The molecule has 1 fully saturated rings. The van der Waals surface area contributed by atoms with Crippen LogP contribution in [0.4, 0.5) is 5.13 Å². The molecule has 0 bridgehead atoms. The second-order valence-electron chi connectivity index (χ2n) is 6.24. The first-order chi connectivity index (χ1) is 11.0. The summed E-state index contributed by atoms with van der Waals surface area (Å²) in [4.78, 5) is 29.9. The van der Waals surface area contributed by atoms with Gasteiger partial charge in [-0.2, -0.15) is 0 Å². The second-order valence-corrected chi connectivity index (χ2v) is 7.27. The van der Waals surface area contributed by atoms with Gasteiger partial charge < -0.3 is 10.2 Å². The number of hydrogen-bond donors (Lipinski definition) is 1. The summed E-state index contributed by atoms with van der Waals surface area (Å²) >= 11 is 1.43. The predicted molar refractivity (Wildman–Crippen MR) is 92.6 cm³/mol. The fourth-order valence-electron chi connectivity index (χ4n) is 2.83. The van der Waals surface area contributed by atoms with Gasteiger partial charge in [-0.1, -0.05) is 24.3 Å². The minimum Gasteiger partial charge on any atom is -0.342 e. The van der Waals surface area contributed by atoms with E-state index in [4.69, 9.17) is 0 Å². The van der Waals surface area contributed by atoms with E-state index in [0.717, 1.165) is 47.6 Å². The Kier molecular flexibility index (Phi) is 4.61. The van der Waals surface area contributed by atoms with Crippen LogP contribution in [-0.2, 0) is 16.0 Å². The molecule has 0 aliphatic carbocycles. The van der Waals surface area contributed by atoms with Gasteiger partial charge in [0.25, 0.3) is 0 Å². The summed E-state index contributed by atoms with van der Waals surface area (Å²) in [5.74, 6) is 0.793. The Morgan fingerprint density at radius 2 is 2.09 bits per heavy atom. The highest BCUT2D eigenvalue weighted by atomic mass is 32.1. The third-order valence-corrected chi connectivity index (χ3v) is 5.16. The van der Waals surface area contributed by atoms with Crippen molar-refractivity contribution in [1.29, 1.82) is 0 Å². The van der Waals surface area contributed by atoms with Gasteiger partial charge in [0, 0.05) is 20.0 Å². The van der Waals surface area contributed by atoms with Crippen LogP contribution in [-0.4, -0.2) is 34.8 Å². The number of rotatable bonds is 3. The van der Waals surface area contributed by atoms with Gasteiger partial charge in [0.15, 0.2) is 5.13 Å². The molecule has 0 unspecified atom stereocenters. The van der Waals surface area contributed by atoms with Crippen LogP contribution in [0.2, 0.25) is 0 Å². The third kappa shape index (κ3) is 3.88. The van der Waals surface area contributed by atoms with E-state index in [-0.39, 0.29) is 11.8 Å². The van der Waals surface area contributed by atoms with Crippen molar-refractivity contribution >= 4 is 38.5 Å². The lowest BCUT2D eigenvalue weighted by molar-refractivity contribution is -0.131.